The Hall–Kier alpha value is -1.33. The van der Waals surface area contributed by atoms with E-state index >= 15 is 0 Å². The fraction of sp³-hybridized carbons (Fsp3) is 0.462. The molecule has 0 saturated carbocycles. The van der Waals surface area contributed by atoms with Gasteiger partial charge in [0.25, 0.3) is 0 Å². The van der Waals surface area contributed by atoms with E-state index in [1.165, 1.54) is 5.56 Å². The minimum atomic E-state index is 0.216. The molecule has 15 heavy (non-hydrogen) atoms. The SMILES string of the molecule is C[C@H]1CN(Cc2ccccc2)C[C@H]1C#N. The highest BCUT2D eigenvalue weighted by molar-refractivity contribution is 5.15. The lowest BCUT2D eigenvalue weighted by molar-refractivity contribution is 0.318. The Morgan fingerprint density at radius 2 is 2.07 bits per heavy atom. The summed E-state index contributed by atoms with van der Waals surface area (Å²) in [4.78, 5) is 2.37. The van der Waals surface area contributed by atoms with Gasteiger partial charge in [-0.25, -0.2) is 0 Å². The van der Waals surface area contributed by atoms with Gasteiger partial charge in [-0.1, -0.05) is 37.3 Å². The van der Waals surface area contributed by atoms with E-state index in [9.17, 15) is 0 Å². The molecule has 0 bridgehead atoms. The Labute approximate surface area is 91.1 Å². The Morgan fingerprint density at radius 3 is 2.67 bits per heavy atom. The maximum Gasteiger partial charge on any atom is 0.0672 e. The van der Waals surface area contributed by atoms with Crippen LogP contribution in [0.4, 0.5) is 0 Å². The van der Waals surface area contributed by atoms with Crippen LogP contribution in [0.2, 0.25) is 0 Å². The third-order valence-corrected chi connectivity index (χ3v) is 3.10. The molecule has 0 N–H and O–H groups in total. The number of likely N-dealkylation sites (tertiary alicyclic amines) is 1. The molecule has 2 rings (SSSR count). The van der Waals surface area contributed by atoms with Gasteiger partial charge in [0, 0.05) is 19.6 Å². The number of nitriles is 1. The van der Waals surface area contributed by atoms with E-state index in [0.29, 0.717) is 5.92 Å². The van der Waals surface area contributed by atoms with Crippen LogP contribution >= 0.6 is 0 Å². The summed E-state index contributed by atoms with van der Waals surface area (Å²) in [6.07, 6.45) is 0. The van der Waals surface area contributed by atoms with Crippen LogP contribution in [-0.2, 0) is 6.54 Å². The second kappa shape index (κ2) is 4.46. The van der Waals surface area contributed by atoms with E-state index in [0.717, 1.165) is 19.6 Å². The quantitative estimate of drug-likeness (QED) is 0.732. The van der Waals surface area contributed by atoms with Gasteiger partial charge in [-0.3, -0.25) is 4.90 Å². The van der Waals surface area contributed by atoms with Gasteiger partial charge in [-0.15, -0.1) is 0 Å². The fourth-order valence-corrected chi connectivity index (χ4v) is 2.21. The van der Waals surface area contributed by atoms with E-state index in [1.54, 1.807) is 0 Å². The second-order valence-electron chi connectivity index (χ2n) is 4.39. The molecular weight excluding hydrogens is 184 g/mol. The van der Waals surface area contributed by atoms with Crippen molar-refractivity contribution in [2.75, 3.05) is 13.1 Å². The number of rotatable bonds is 2. The second-order valence-corrected chi connectivity index (χ2v) is 4.39. The Morgan fingerprint density at radius 1 is 1.33 bits per heavy atom. The van der Waals surface area contributed by atoms with Crippen LogP contribution in [0.25, 0.3) is 0 Å². The first-order chi connectivity index (χ1) is 7.29. The number of benzene rings is 1. The summed E-state index contributed by atoms with van der Waals surface area (Å²) >= 11 is 0. The average molecular weight is 200 g/mol. The van der Waals surface area contributed by atoms with E-state index in [4.69, 9.17) is 5.26 Å². The van der Waals surface area contributed by atoms with Crippen LogP contribution in [-0.4, -0.2) is 18.0 Å². The van der Waals surface area contributed by atoms with Crippen molar-refractivity contribution < 1.29 is 0 Å². The van der Waals surface area contributed by atoms with Crippen LogP contribution < -0.4 is 0 Å². The third kappa shape index (κ3) is 2.37. The summed E-state index contributed by atoms with van der Waals surface area (Å²) in [6.45, 7) is 5.11. The van der Waals surface area contributed by atoms with Crippen molar-refractivity contribution in [1.29, 1.82) is 5.26 Å². The summed E-state index contributed by atoms with van der Waals surface area (Å²) in [5.74, 6) is 0.729. The predicted octanol–water partition coefficient (Wildman–Crippen LogP) is 2.28. The standard InChI is InChI=1S/C13H16N2/c1-11-8-15(10-13(11)7-14)9-12-5-3-2-4-6-12/h2-6,11,13H,8-10H2,1H3/t11-,13+/m0/s1. The van der Waals surface area contributed by atoms with Gasteiger partial charge in [-0.2, -0.15) is 5.26 Å². The monoisotopic (exact) mass is 200 g/mol. The number of nitrogens with zero attached hydrogens (tertiary/aromatic N) is 2. The highest BCUT2D eigenvalue weighted by atomic mass is 15.1. The first-order valence-electron chi connectivity index (χ1n) is 5.45. The van der Waals surface area contributed by atoms with Crippen molar-refractivity contribution >= 4 is 0 Å². The lowest BCUT2D eigenvalue weighted by Crippen LogP contribution is -2.20. The van der Waals surface area contributed by atoms with Gasteiger partial charge in [0.05, 0.1) is 12.0 Å². The first-order valence-corrected chi connectivity index (χ1v) is 5.45. The molecule has 78 valence electrons. The topological polar surface area (TPSA) is 27.0 Å². The normalized spacial score (nSPS) is 26.4. The summed E-state index contributed by atoms with van der Waals surface area (Å²) in [5, 5.41) is 8.94. The van der Waals surface area contributed by atoms with Crippen LogP contribution in [0.3, 0.4) is 0 Å². The molecule has 2 heteroatoms. The van der Waals surface area contributed by atoms with Crippen molar-refractivity contribution in [1.82, 2.24) is 4.90 Å². The molecule has 1 aliphatic heterocycles. The summed E-state index contributed by atoms with van der Waals surface area (Å²) in [5.41, 5.74) is 1.34. The maximum atomic E-state index is 8.94. The molecule has 0 aromatic heterocycles. The van der Waals surface area contributed by atoms with Gasteiger partial charge in [0.15, 0.2) is 0 Å². The van der Waals surface area contributed by atoms with Crippen LogP contribution in [0.15, 0.2) is 30.3 Å². The average Bonchev–Trinajstić information content (AvgIpc) is 2.60. The zero-order valence-corrected chi connectivity index (χ0v) is 9.06. The van der Waals surface area contributed by atoms with E-state index in [2.05, 4.69) is 42.2 Å². The molecule has 2 atom stereocenters. The van der Waals surface area contributed by atoms with Crippen molar-refractivity contribution in [3.8, 4) is 6.07 Å². The molecule has 0 unspecified atom stereocenters. The molecule has 1 heterocycles. The number of hydrogen-bond acceptors (Lipinski definition) is 2. The molecule has 2 nitrogen and oxygen atoms in total. The molecule has 1 fully saturated rings. The smallest absolute Gasteiger partial charge is 0.0672 e. The Balaban J connectivity index is 1.96. The van der Waals surface area contributed by atoms with Crippen LogP contribution in [0, 0.1) is 23.2 Å². The third-order valence-electron chi connectivity index (χ3n) is 3.10. The summed E-state index contributed by atoms with van der Waals surface area (Å²) in [6, 6.07) is 12.8. The molecule has 0 amide bonds. The van der Waals surface area contributed by atoms with E-state index < -0.39 is 0 Å². The molecule has 1 aromatic carbocycles. The van der Waals surface area contributed by atoms with Gasteiger partial charge >= 0.3 is 0 Å². The molecule has 0 spiro atoms. The van der Waals surface area contributed by atoms with Gasteiger partial charge in [0.1, 0.15) is 0 Å². The molecular formula is C13H16N2. The minimum absolute atomic E-state index is 0.216. The lowest BCUT2D eigenvalue weighted by Gasteiger charge is -2.14. The molecule has 0 aliphatic carbocycles. The highest BCUT2D eigenvalue weighted by Gasteiger charge is 2.28. The summed E-state index contributed by atoms with van der Waals surface area (Å²) < 4.78 is 0. The number of hydrogen-bond donors (Lipinski definition) is 0. The molecule has 1 aromatic rings. The van der Waals surface area contributed by atoms with E-state index in [1.807, 2.05) is 6.07 Å². The zero-order valence-electron chi connectivity index (χ0n) is 9.06. The molecule has 0 radical (unpaired) electrons. The molecule has 1 aliphatic rings. The van der Waals surface area contributed by atoms with Crippen LogP contribution in [0.5, 0.6) is 0 Å². The fourth-order valence-electron chi connectivity index (χ4n) is 2.21. The zero-order chi connectivity index (χ0) is 10.7. The predicted molar refractivity (Wildman–Crippen MR) is 60.0 cm³/mol. The lowest BCUT2D eigenvalue weighted by atomic mass is 10.0. The first kappa shape index (κ1) is 10.2. The Bertz CT molecular complexity index is 353. The minimum Gasteiger partial charge on any atom is -0.297 e. The van der Waals surface area contributed by atoms with Crippen molar-refractivity contribution in [3.63, 3.8) is 0 Å². The highest BCUT2D eigenvalue weighted by Crippen LogP contribution is 2.23. The van der Waals surface area contributed by atoms with Gasteiger partial charge in [0.2, 0.25) is 0 Å². The van der Waals surface area contributed by atoms with Crippen molar-refractivity contribution in [3.05, 3.63) is 35.9 Å². The maximum absolute atomic E-state index is 8.94. The Kier molecular flexibility index (Phi) is 3.03. The largest absolute Gasteiger partial charge is 0.297 e. The van der Waals surface area contributed by atoms with Gasteiger partial charge < -0.3 is 0 Å². The van der Waals surface area contributed by atoms with Crippen LogP contribution in [0.1, 0.15) is 12.5 Å². The van der Waals surface area contributed by atoms with E-state index in [-0.39, 0.29) is 5.92 Å². The van der Waals surface area contributed by atoms with Crippen molar-refractivity contribution in [2.24, 2.45) is 11.8 Å². The molecule has 1 saturated heterocycles. The summed E-state index contributed by atoms with van der Waals surface area (Å²) in [7, 11) is 0. The van der Waals surface area contributed by atoms with Gasteiger partial charge in [-0.05, 0) is 11.5 Å². The van der Waals surface area contributed by atoms with Crippen molar-refractivity contribution in [2.45, 2.75) is 13.5 Å².